The van der Waals surface area contributed by atoms with Crippen molar-refractivity contribution in [3.05, 3.63) is 66.4 Å². The van der Waals surface area contributed by atoms with Gasteiger partial charge in [0.25, 0.3) is 0 Å². The van der Waals surface area contributed by atoms with E-state index in [9.17, 15) is 4.79 Å². The van der Waals surface area contributed by atoms with Gasteiger partial charge >= 0.3 is 0 Å². The van der Waals surface area contributed by atoms with E-state index in [0.29, 0.717) is 6.04 Å². The molecule has 0 atom stereocenters. The van der Waals surface area contributed by atoms with E-state index in [1.54, 1.807) is 6.92 Å². The molecular formula is C29H33N7O. The summed E-state index contributed by atoms with van der Waals surface area (Å²) in [7, 11) is 0. The van der Waals surface area contributed by atoms with Gasteiger partial charge in [0.15, 0.2) is 5.78 Å². The number of piperidine rings is 1. The maximum Gasteiger partial charge on any atom is 0.159 e. The molecule has 3 aromatic heterocycles. The number of carbonyl (C=O) groups is 1. The summed E-state index contributed by atoms with van der Waals surface area (Å²) in [6.45, 7) is 9.22. The molecule has 8 heteroatoms. The first-order chi connectivity index (χ1) is 18.1. The largest absolute Gasteiger partial charge is 0.368 e. The van der Waals surface area contributed by atoms with Crippen molar-refractivity contribution < 1.29 is 4.79 Å². The van der Waals surface area contributed by atoms with Gasteiger partial charge in [-0.15, -0.1) is 0 Å². The van der Waals surface area contributed by atoms with Crippen LogP contribution in [0.4, 0.5) is 11.5 Å². The number of carbonyl (C=O) groups excluding carboxylic acids is 1. The standard InChI is InChI=1S/C29H33N7O/c1-20(37)22-3-5-24(6-4-22)34-13-15-35(16-14-34)28-8-7-26-27(23-17-31-21(2)32-18-23)19-36(29(26)33-28)25-9-11-30-12-10-25/h3-8,17-19,25,30H,9-16H2,1-2H3. The highest BCUT2D eigenvalue weighted by atomic mass is 16.1. The van der Waals surface area contributed by atoms with Gasteiger partial charge in [0.1, 0.15) is 17.3 Å². The fourth-order valence-electron chi connectivity index (χ4n) is 5.52. The van der Waals surface area contributed by atoms with Crippen LogP contribution in [-0.4, -0.2) is 64.6 Å². The number of pyridine rings is 1. The van der Waals surface area contributed by atoms with Gasteiger partial charge < -0.3 is 19.7 Å². The average molecular weight is 496 g/mol. The molecule has 1 aromatic carbocycles. The third-order valence-corrected chi connectivity index (χ3v) is 7.70. The lowest BCUT2D eigenvalue weighted by atomic mass is 10.1. The number of aryl methyl sites for hydroxylation is 1. The summed E-state index contributed by atoms with van der Waals surface area (Å²) in [5.41, 5.74) is 5.14. The first-order valence-corrected chi connectivity index (χ1v) is 13.2. The van der Waals surface area contributed by atoms with Crippen molar-refractivity contribution in [2.45, 2.75) is 32.7 Å². The number of nitrogens with zero attached hydrogens (tertiary/aromatic N) is 6. The Morgan fingerprint density at radius 1 is 0.919 bits per heavy atom. The quantitative estimate of drug-likeness (QED) is 0.415. The first-order valence-electron chi connectivity index (χ1n) is 13.2. The number of anilines is 2. The summed E-state index contributed by atoms with van der Waals surface area (Å²) in [6.07, 6.45) is 8.29. The Morgan fingerprint density at radius 2 is 1.59 bits per heavy atom. The molecule has 0 amide bonds. The van der Waals surface area contributed by atoms with Gasteiger partial charge in [0.2, 0.25) is 0 Å². The van der Waals surface area contributed by atoms with E-state index >= 15 is 0 Å². The Morgan fingerprint density at radius 3 is 2.27 bits per heavy atom. The Bertz CT molecular complexity index is 1400. The highest BCUT2D eigenvalue weighted by Gasteiger charge is 2.23. The van der Waals surface area contributed by atoms with Crippen molar-refractivity contribution in [1.82, 2.24) is 24.8 Å². The third-order valence-electron chi connectivity index (χ3n) is 7.70. The topological polar surface area (TPSA) is 79.2 Å². The lowest BCUT2D eigenvalue weighted by molar-refractivity contribution is 0.101. The molecular weight excluding hydrogens is 462 g/mol. The van der Waals surface area contributed by atoms with E-state index in [0.717, 1.165) is 97.2 Å². The number of fused-ring (bicyclic) bond motifs is 1. The minimum absolute atomic E-state index is 0.102. The number of rotatable bonds is 5. The van der Waals surface area contributed by atoms with Crippen molar-refractivity contribution in [3.8, 4) is 11.1 Å². The number of hydrogen-bond donors (Lipinski definition) is 1. The SMILES string of the molecule is CC(=O)c1ccc(N2CCN(c3ccc4c(-c5cnc(C)nc5)cn(C5CCNCC5)c4n3)CC2)cc1. The molecule has 0 radical (unpaired) electrons. The van der Waals surface area contributed by atoms with E-state index in [2.05, 4.69) is 60.1 Å². The first kappa shape index (κ1) is 23.6. The third kappa shape index (κ3) is 4.69. The summed E-state index contributed by atoms with van der Waals surface area (Å²) in [4.78, 5) is 30.5. The molecule has 2 saturated heterocycles. The Hall–Kier alpha value is -3.78. The molecule has 4 aromatic rings. The van der Waals surface area contributed by atoms with E-state index in [1.807, 2.05) is 31.5 Å². The molecule has 5 heterocycles. The molecule has 0 aliphatic carbocycles. The van der Waals surface area contributed by atoms with Crippen molar-refractivity contribution in [2.75, 3.05) is 49.1 Å². The lowest BCUT2D eigenvalue weighted by Gasteiger charge is -2.37. The summed E-state index contributed by atoms with van der Waals surface area (Å²) in [5, 5.41) is 4.63. The second kappa shape index (κ2) is 9.94. The number of piperazine rings is 1. The maximum absolute atomic E-state index is 11.6. The van der Waals surface area contributed by atoms with E-state index < -0.39 is 0 Å². The van der Waals surface area contributed by atoms with Crippen LogP contribution in [0.3, 0.4) is 0 Å². The highest BCUT2D eigenvalue weighted by Crippen LogP contribution is 2.35. The second-order valence-corrected chi connectivity index (χ2v) is 10.1. The minimum Gasteiger partial charge on any atom is -0.368 e. The van der Waals surface area contributed by atoms with Crippen LogP contribution >= 0.6 is 0 Å². The molecule has 0 unspecified atom stereocenters. The summed E-state index contributed by atoms with van der Waals surface area (Å²) >= 11 is 0. The average Bonchev–Trinajstić information content (AvgIpc) is 3.33. The van der Waals surface area contributed by atoms with Crippen LogP contribution < -0.4 is 15.1 Å². The van der Waals surface area contributed by atoms with Gasteiger partial charge in [0.05, 0.1) is 0 Å². The molecule has 0 bridgehead atoms. The summed E-state index contributed by atoms with van der Waals surface area (Å²) in [5.74, 6) is 1.91. The smallest absolute Gasteiger partial charge is 0.159 e. The monoisotopic (exact) mass is 495 g/mol. The molecule has 0 saturated carbocycles. The molecule has 2 fully saturated rings. The van der Waals surface area contributed by atoms with Gasteiger partial charge in [-0.05, 0) is 76.2 Å². The van der Waals surface area contributed by atoms with Crippen LogP contribution in [0.15, 0.2) is 55.0 Å². The van der Waals surface area contributed by atoms with Gasteiger partial charge in [0, 0.05) is 78.6 Å². The molecule has 8 nitrogen and oxygen atoms in total. The minimum atomic E-state index is 0.102. The summed E-state index contributed by atoms with van der Waals surface area (Å²) in [6, 6.07) is 12.8. The zero-order valence-corrected chi connectivity index (χ0v) is 21.5. The Labute approximate surface area is 217 Å². The van der Waals surface area contributed by atoms with Crippen LogP contribution in [0.25, 0.3) is 22.2 Å². The van der Waals surface area contributed by atoms with Crippen LogP contribution in [0, 0.1) is 6.92 Å². The molecule has 2 aliphatic rings. The van der Waals surface area contributed by atoms with Gasteiger partial charge in [-0.2, -0.15) is 0 Å². The van der Waals surface area contributed by atoms with Crippen LogP contribution in [-0.2, 0) is 0 Å². The Kier molecular flexibility index (Phi) is 6.34. The predicted molar refractivity (Wildman–Crippen MR) is 148 cm³/mol. The van der Waals surface area contributed by atoms with Crippen LogP contribution in [0.2, 0.25) is 0 Å². The normalized spacial score (nSPS) is 16.9. The summed E-state index contributed by atoms with van der Waals surface area (Å²) < 4.78 is 2.39. The van der Waals surface area contributed by atoms with E-state index in [-0.39, 0.29) is 5.78 Å². The van der Waals surface area contributed by atoms with Gasteiger partial charge in [-0.1, -0.05) is 0 Å². The molecule has 1 N–H and O–H groups in total. The highest BCUT2D eigenvalue weighted by molar-refractivity contribution is 5.95. The number of hydrogen-bond acceptors (Lipinski definition) is 7. The van der Waals surface area contributed by atoms with Gasteiger partial charge in [-0.3, -0.25) is 4.79 Å². The number of nitrogens with one attached hydrogen (secondary N) is 1. The second-order valence-electron chi connectivity index (χ2n) is 10.1. The molecule has 0 spiro atoms. The fraction of sp³-hybridized carbons (Fsp3) is 0.379. The number of benzene rings is 1. The molecule has 2 aliphatic heterocycles. The predicted octanol–water partition coefficient (Wildman–Crippen LogP) is 4.26. The lowest BCUT2D eigenvalue weighted by Crippen LogP contribution is -2.46. The molecule has 37 heavy (non-hydrogen) atoms. The van der Waals surface area contributed by atoms with E-state index in [4.69, 9.17) is 4.98 Å². The van der Waals surface area contributed by atoms with Crippen LogP contribution in [0.5, 0.6) is 0 Å². The number of aromatic nitrogens is 4. The van der Waals surface area contributed by atoms with Crippen molar-refractivity contribution >= 4 is 28.3 Å². The zero-order valence-electron chi connectivity index (χ0n) is 21.5. The Balaban J connectivity index is 1.27. The molecule has 6 rings (SSSR count). The van der Waals surface area contributed by atoms with Crippen molar-refractivity contribution in [2.24, 2.45) is 0 Å². The number of ketones is 1. The van der Waals surface area contributed by atoms with E-state index in [1.165, 1.54) is 0 Å². The zero-order chi connectivity index (χ0) is 25.4. The molecule has 190 valence electrons. The van der Waals surface area contributed by atoms with Crippen molar-refractivity contribution in [3.63, 3.8) is 0 Å². The van der Waals surface area contributed by atoms with Crippen molar-refractivity contribution in [1.29, 1.82) is 0 Å². The fourth-order valence-corrected chi connectivity index (χ4v) is 5.52. The number of Topliss-reactive ketones (excluding diaryl/α,β-unsaturated/α-hetero) is 1. The van der Waals surface area contributed by atoms with Crippen LogP contribution in [0.1, 0.15) is 42.0 Å². The maximum atomic E-state index is 11.6. The van der Waals surface area contributed by atoms with Gasteiger partial charge in [-0.25, -0.2) is 15.0 Å².